The van der Waals surface area contributed by atoms with Crippen LogP contribution >= 0.6 is 11.6 Å². The molecule has 1 aromatic carbocycles. The highest BCUT2D eigenvalue weighted by Crippen LogP contribution is 2.28. The maximum absolute atomic E-state index is 12.2. The van der Waals surface area contributed by atoms with Crippen molar-refractivity contribution in [2.75, 3.05) is 52.4 Å². The van der Waals surface area contributed by atoms with E-state index in [-0.39, 0.29) is 23.2 Å². The van der Waals surface area contributed by atoms with Crippen molar-refractivity contribution in [3.63, 3.8) is 0 Å². The highest BCUT2D eigenvalue weighted by atomic mass is 35.5. The van der Waals surface area contributed by atoms with Crippen molar-refractivity contribution in [3.05, 3.63) is 23.2 Å². The number of ether oxygens (including phenoxy) is 3. The van der Waals surface area contributed by atoms with E-state index in [1.54, 1.807) is 14.2 Å². The first-order valence-corrected chi connectivity index (χ1v) is 7.58. The Labute approximate surface area is 144 Å². The number of alkyl halides is 2. The average molecular weight is 367 g/mol. The minimum Gasteiger partial charge on any atom is -0.433 e. The molecule has 24 heavy (non-hydrogen) atoms. The van der Waals surface area contributed by atoms with E-state index in [0.717, 1.165) is 0 Å². The van der Waals surface area contributed by atoms with Crippen LogP contribution in [0.2, 0.25) is 5.02 Å². The molecule has 0 atom stereocenters. The maximum atomic E-state index is 12.2. The Morgan fingerprint density at radius 3 is 2.38 bits per heavy atom. The van der Waals surface area contributed by atoms with E-state index in [1.807, 2.05) is 4.90 Å². The first-order valence-electron chi connectivity index (χ1n) is 7.20. The summed E-state index contributed by atoms with van der Waals surface area (Å²) in [6.07, 6.45) is 0. The molecular weight excluding hydrogens is 346 g/mol. The Bertz CT molecular complexity index is 512. The van der Waals surface area contributed by atoms with Gasteiger partial charge in [-0.15, -0.1) is 0 Å². The molecule has 1 amide bonds. The standard InChI is InChI=1S/C15H21ClF2N2O4/c1-22-7-5-20(6-8-23-2)10-14(21)19-11-3-4-13(12(16)9-11)24-15(17)18/h3-4,9,15H,5-8,10H2,1-2H3,(H,19,21). The minimum atomic E-state index is -2.96. The van der Waals surface area contributed by atoms with Gasteiger partial charge in [-0.25, -0.2) is 0 Å². The van der Waals surface area contributed by atoms with Gasteiger partial charge in [0.1, 0.15) is 5.75 Å². The first-order chi connectivity index (χ1) is 11.5. The molecule has 9 heteroatoms. The van der Waals surface area contributed by atoms with Crippen LogP contribution in [0.1, 0.15) is 0 Å². The van der Waals surface area contributed by atoms with E-state index >= 15 is 0 Å². The molecular formula is C15H21ClF2N2O4. The molecule has 0 aliphatic rings. The third kappa shape index (κ3) is 7.87. The molecule has 6 nitrogen and oxygen atoms in total. The minimum absolute atomic E-state index is 0.0104. The Morgan fingerprint density at radius 1 is 1.25 bits per heavy atom. The molecule has 0 fully saturated rings. The molecule has 1 aromatic rings. The molecule has 0 unspecified atom stereocenters. The molecule has 0 aliphatic carbocycles. The number of rotatable bonds is 11. The van der Waals surface area contributed by atoms with Crippen LogP contribution < -0.4 is 10.1 Å². The van der Waals surface area contributed by atoms with Gasteiger partial charge in [0.2, 0.25) is 5.91 Å². The molecule has 0 heterocycles. The van der Waals surface area contributed by atoms with Crippen molar-refractivity contribution in [1.82, 2.24) is 4.90 Å². The van der Waals surface area contributed by atoms with Crippen molar-refractivity contribution in [2.45, 2.75) is 6.61 Å². The second kappa shape index (κ2) is 11.1. The van der Waals surface area contributed by atoms with Crippen molar-refractivity contribution in [2.24, 2.45) is 0 Å². The largest absolute Gasteiger partial charge is 0.433 e. The number of benzene rings is 1. The van der Waals surface area contributed by atoms with Crippen LogP contribution in [0.15, 0.2) is 18.2 Å². The summed E-state index contributed by atoms with van der Waals surface area (Å²) in [4.78, 5) is 14.0. The van der Waals surface area contributed by atoms with E-state index in [0.29, 0.717) is 32.0 Å². The van der Waals surface area contributed by atoms with Gasteiger partial charge in [-0.3, -0.25) is 9.69 Å². The zero-order chi connectivity index (χ0) is 17.9. The van der Waals surface area contributed by atoms with Crippen molar-refractivity contribution in [1.29, 1.82) is 0 Å². The number of nitrogens with zero attached hydrogens (tertiary/aromatic N) is 1. The Kier molecular flexibility index (Phi) is 9.55. The number of methoxy groups -OCH3 is 2. The summed E-state index contributed by atoms with van der Waals surface area (Å²) in [7, 11) is 3.17. The van der Waals surface area contributed by atoms with Crippen molar-refractivity contribution >= 4 is 23.2 Å². The van der Waals surface area contributed by atoms with Crippen LogP contribution in [0.4, 0.5) is 14.5 Å². The Hall–Kier alpha value is -1.48. The topological polar surface area (TPSA) is 60.0 Å². The van der Waals surface area contributed by atoms with Crippen LogP contribution in [0.3, 0.4) is 0 Å². The number of halogens is 3. The SMILES string of the molecule is COCCN(CCOC)CC(=O)Nc1ccc(OC(F)F)c(Cl)c1. The fourth-order valence-corrected chi connectivity index (χ4v) is 2.11. The maximum Gasteiger partial charge on any atom is 0.387 e. The molecule has 1 N–H and O–H groups in total. The zero-order valence-electron chi connectivity index (χ0n) is 13.6. The number of amides is 1. The van der Waals surface area contributed by atoms with E-state index in [1.165, 1.54) is 18.2 Å². The van der Waals surface area contributed by atoms with Gasteiger partial charge in [0, 0.05) is 33.0 Å². The van der Waals surface area contributed by atoms with Gasteiger partial charge in [-0.1, -0.05) is 11.6 Å². The molecule has 0 aromatic heterocycles. The molecule has 0 spiro atoms. The lowest BCUT2D eigenvalue weighted by Gasteiger charge is -2.21. The lowest BCUT2D eigenvalue weighted by atomic mass is 10.3. The predicted molar refractivity (Wildman–Crippen MR) is 86.9 cm³/mol. The Balaban J connectivity index is 2.60. The molecule has 136 valence electrons. The van der Waals surface area contributed by atoms with E-state index in [9.17, 15) is 13.6 Å². The summed E-state index contributed by atoms with van der Waals surface area (Å²) in [6, 6.07) is 4.07. The van der Waals surface area contributed by atoms with Crippen LogP contribution in [-0.4, -0.2) is 64.5 Å². The normalized spacial score (nSPS) is 11.1. The summed E-state index contributed by atoms with van der Waals surface area (Å²) in [5.41, 5.74) is 0.394. The highest BCUT2D eigenvalue weighted by molar-refractivity contribution is 6.32. The van der Waals surface area contributed by atoms with Crippen molar-refractivity contribution in [3.8, 4) is 5.75 Å². The van der Waals surface area contributed by atoms with Crippen LogP contribution in [-0.2, 0) is 14.3 Å². The van der Waals surface area contributed by atoms with Crippen LogP contribution in [0.5, 0.6) is 5.75 Å². The summed E-state index contributed by atoms with van der Waals surface area (Å²) in [6.45, 7) is -0.687. The lowest BCUT2D eigenvalue weighted by Crippen LogP contribution is -2.37. The van der Waals surface area contributed by atoms with Gasteiger partial charge in [0.05, 0.1) is 24.8 Å². The number of hydrogen-bond acceptors (Lipinski definition) is 5. The van der Waals surface area contributed by atoms with Crippen LogP contribution in [0, 0.1) is 0 Å². The van der Waals surface area contributed by atoms with E-state index in [4.69, 9.17) is 21.1 Å². The summed E-state index contributed by atoms with van der Waals surface area (Å²) in [5, 5.41) is 2.65. The molecule has 0 bridgehead atoms. The molecule has 0 saturated heterocycles. The number of nitrogens with one attached hydrogen (secondary N) is 1. The molecule has 0 saturated carbocycles. The first kappa shape index (κ1) is 20.6. The second-order valence-electron chi connectivity index (χ2n) is 4.83. The molecule has 0 aliphatic heterocycles. The average Bonchev–Trinajstić information content (AvgIpc) is 2.52. The van der Waals surface area contributed by atoms with E-state index < -0.39 is 6.61 Å². The van der Waals surface area contributed by atoms with Gasteiger partial charge >= 0.3 is 6.61 Å². The molecule has 0 radical (unpaired) electrons. The van der Waals surface area contributed by atoms with Gasteiger partial charge in [0.15, 0.2) is 0 Å². The lowest BCUT2D eigenvalue weighted by molar-refractivity contribution is -0.117. The fraction of sp³-hybridized carbons (Fsp3) is 0.533. The number of hydrogen-bond donors (Lipinski definition) is 1. The third-order valence-corrected chi connectivity index (χ3v) is 3.32. The van der Waals surface area contributed by atoms with Gasteiger partial charge in [-0.05, 0) is 18.2 Å². The van der Waals surface area contributed by atoms with Crippen molar-refractivity contribution < 1.29 is 27.8 Å². The summed E-state index contributed by atoms with van der Waals surface area (Å²) in [5.74, 6) is -0.410. The Morgan fingerprint density at radius 2 is 1.88 bits per heavy atom. The summed E-state index contributed by atoms with van der Waals surface area (Å²) < 4.78 is 38.6. The van der Waals surface area contributed by atoms with Gasteiger partial charge in [0.25, 0.3) is 0 Å². The quantitative estimate of drug-likeness (QED) is 0.652. The second-order valence-corrected chi connectivity index (χ2v) is 5.24. The predicted octanol–water partition coefficient (Wildman–Crippen LogP) is 2.47. The monoisotopic (exact) mass is 366 g/mol. The smallest absolute Gasteiger partial charge is 0.387 e. The number of carbonyl (C=O) groups is 1. The van der Waals surface area contributed by atoms with E-state index in [2.05, 4.69) is 10.1 Å². The fourth-order valence-electron chi connectivity index (χ4n) is 1.88. The van der Waals surface area contributed by atoms with Gasteiger partial charge in [-0.2, -0.15) is 8.78 Å². The van der Waals surface area contributed by atoms with Crippen LogP contribution in [0.25, 0.3) is 0 Å². The number of anilines is 1. The summed E-state index contributed by atoms with van der Waals surface area (Å²) >= 11 is 5.85. The number of carbonyl (C=O) groups excluding carboxylic acids is 1. The van der Waals surface area contributed by atoms with Gasteiger partial charge < -0.3 is 19.5 Å². The highest BCUT2D eigenvalue weighted by Gasteiger charge is 2.13. The molecule has 1 rings (SSSR count). The zero-order valence-corrected chi connectivity index (χ0v) is 14.3. The third-order valence-electron chi connectivity index (χ3n) is 3.02.